The SMILES string of the molecule is COc1cc2c(cc1OC)C(COC(=O)C=CCc1ccc3ccccc3c1)N1C(C#N)C3Cc4cc5c(cc4C(C1C2)N3C)OCO5. The molecule has 244 valence electrons. The number of carbonyl (C=O) groups is 1. The number of nitriles is 1. The predicted molar refractivity (Wildman–Crippen MR) is 179 cm³/mol. The fourth-order valence-corrected chi connectivity index (χ4v) is 8.27. The standard InChI is InChI=1S/C39H37N3O6/c1-41-30-14-27-17-36-37(48-22-47-36)19-29(27)39(41)31-15-26-16-34(44-2)35(45-3)18-28(26)33(42(31)32(30)20-40)21-46-38(43)10-6-7-23-11-12-24-8-4-5-9-25(24)13-23/h4-6,8-13,16-19,30-33,39H,7,14-15,21-22H2,1-3H3. The van der Waals surface area contributed by atoms with Crippen LogP contribution >= 0.6 is 0 Å². The third kappa shape index (κ3) is 5.04. The van der Waals surface area contributed by atoms with Gasteiger partial charge in [-0.15, -0.1) is 0 Å². The first kappa shape index (κ1) is 30.3. The Morgan fingerprint density at radius 3 is 2.44 bits per heavy atom. The first-order chi connectivity index (χ1) is 23.5. The van der Waals surface area contributed by atoms with Crippen LogP contribution in [0.15, 0.2) is 78.9 Å². The second-order valence-electron chi connectivity index (χ2n) is 12.9. The van der Waals surface area contributed by atoms with E-state index in [1.165, 1.54) is 28.0 Å². The minimum Gasteiger partial charge on any atom is -0.493 e. The quantitative estimate of drug-likeness (QED) is 0.186. The molecule has 4 aromatic carbocycles. The smallest absolute Gasteiger partial charge is 0.330 e. The number of rotatable bonds is 7. The van der Waals surface area contributed by atoms with Crippen LogP contribution in [0.1, 0.15) is 39.9 Å². The van der Waals surface area contributed by atoms with Gasteiger partial charge in [-0.05, 0) is 89.2 Å². The van der Waals surface area contributed by atoms with Crippen LogP contribution in [0.2, 0.25) is 0 Å². The summed E-state index contributed by atoms with van der Waals surface area (Å²) >= 11 is 0. The average Bonchev–Trinajstić information content (AvgIpc) is 3.56. The van der Waals surface area contributed by atoms with Gasteiger partial charge in [-0.1, -0.05) is 48.5 Å². The lowest BCUT2D eigenvalue weighted by Gasteiger charge is -2.59. The van der Waals surface area contributed by atoms with Crippen molar-refractivity contribution in [1.29, 1.82) is 5.26 Å². The minimum atomic E-state index is -0.441. The van der Waals surface area contributed by atoms with E-state index >= 15 is 0 Å². The van der Waals surface area contributed by atoms with Gasteiger partial charge in [0, 0.05) is 18.2 Å². The Balaban J connectivity index is 1.11. The van der Waals surface area contributed by atoms with E-state index in [1.807, 2.05) is 30.3 Å². The molecule has 4 aliphatic rings. The van der Waals surface area contributed by atoms with E-state index < -0.39 is 12.0 Å². The largest absolute Gasteiger partial charge is 0.493 e. The van der Waals surface area contributed by atoms with Crippen molar-refractivity contribution in [1.82, 2.24) is 9.80 Å². The zero-order valence-corrected chi connectivity index (χ0v) is 27.2. The van der Waals surface area contributed by atoms with Crippen LogP contribution in [0.25, 0.3) is 10.8 Å². The molecule has 0 radical (unpaired) electrons. The molecular formula is C39H37N3O6. The summed E-state index contributed by atoms with van der Waals surface area (Å²) in [4.78, 5) is 17.8. The number of piperazine rings is 1. The number of likely N-dealkylation sites (N-methyl/N-ethyl adjacent to an activating group) is 1. The van der Waals surface area contributed by atoms with E-state index in [0.717, 1.165) is 28.2 Å². The van der Waals surface area contributed by atoms with Gasteiger partial charge in [0.05, 0.1) is 32.4 Å². The highest BCUT2D eigenvalue weighted by atomic mass is 16.7. The van der Waals surface area contributed by atoms with Crippen molar-refractivity contribution in [3.63, 3.8) is 0 Å². The lowest BCUT2D eigenvalue weighted by Crippen LogP contribution is -2.68. The summed E-state index contributed by atoms with van der Waals surface area (Å²) in [5, 5.41) is 13.1. The second kappa shape index (κ2) is 12.2. The molecule has 0 aliphatic carbocycles. The van der Waals surface area contributed by atoms with Gasteiger partial charge in [-0.25, -0.2) is 4.79 Å². The maximum atomic E-state index is 13.2. The Morgan fingerprint density at radius 1 is 0.917 bits per heavy atom. The van der Waals surface area contributed by atoms with Gasteiger partial charge in [0.15, 0.2) is 23.0 Å². The Hall–Kier alpha value is -5.04. The number of allylic oxidation sites excluding steroid dienone is 1. The van der Waals surface area contributed by atoms with Gasteiger partial charge in [0.1, 0.15) is 12.6 Å². The molecule has 1 saturated heterocycles. The van der Waals surface area contributed by atoms with Crippen LogP contribution in [0.5, 0.6) is 23.0 Å². The van der Waals surface area contributed by atoms with E-state index in [-0.39, 0.29) is 37.6 Å². The molecule has 9 heteroatoms. The molecule has 0 saturated carbocycles. The Kier molecular flexibility index (Phi) is 7.70. The average molecular weight is 644 g/mol. The number of esters is 1. The molecule has 48 heavy (non-hydrogen) atoms. The summed E-state index contributed by atoms with van der Waals surface area (Å²) in [5.41, 5.74) is 5.54. The number of nitrogens with zero attached hydrogens (tertiary/aromatic N) is 3. The van der Waals surface area contributed by atoms with Crippen LogP contribution in [0, 0.1) is 11.3 Å². The van der Waals surface area contributed by atoms with Crippen molar-refractivity contribution in [3.8, 4) is 29.1 Å². The third-order valence-corrected chi connectivity index (χ3v) is 10.5. The molecule has 2 bridgehead atoms. The number of hydrogen-bond donors (Lipinski definition) is 0. The molecule has 4 aromatic rings. The summed E-state index contributed by atoms with van der Waals surface area (Å²) < 4.78 is 28.9. The Bertz CT molecular complexity index is 1980. The highest BCUT2D eigenvalue weighted by molar-refractivity contribution is 5.83. The summed E-state index contributed by atoms with van der Waals surface area (Å²) in [7, 11) is 5.36. The van der Waals surface area contributed by atoms with Gasteiger partial charge in [-0.2, -0.15) is 5.26 Å². The van der Waals surface area contributed by atoms with Crippen LogP contribution in [-0.4, -0.2) is 68.6 Å². The molecule has 8 rings (SSSR count). The third-order valence-electron chi connectivity index (χ3n) is 10.5. The number of fused-ring (bicyclic) bond motifs is 9. The van der Waals surface area contributed by atoms with Crippen molar-refractivity contribution >= 4 is 16.7 Å². The molecule has 9 nitrogen and oxygen atoms in total. The summed E-state index contributed by atoms with van der Waals surface area (Å²) in [5.74, 6) is 2.33. The first-order valence-electron chi connectivity index (χ1n) is 16.3. The topological polar surface area (TPSA) is 93.5 Å². The van der Waals surface area contributed by atoms with Gasteiger partial charge in [-0.3, -0.25) is 9.80 Å². The molecule has 1 fully saturated rings. The van der Waals surface area contributed by atoms with E-state index in [2.05, 4.69) is 65.4 Å². The zero-order chi connectivity index (χ0) is 32.9. The lowest BCUT2D eigenvalue weighted by molar-refractivity contribution is -0.143. The van der Waals surface area contributed by atoms with Crippen molar-refractivity contribution < 1.29 is 28.5 Å². The Labute approximate surface area is 279 Å². The van der Waals surface area contributed by atoms with Crippen LogP contribution in [0.4, 0.5) is 0 Å². The van der Waals surface area contributed by atoms with Crippen molar-refractivity contribution in [2.75, 3.05) is 34.7 Å². The fourth-order valence-electron chi connectivity index (χ4n) is 8.27. The molecule has 4 aliphatic heterocycles. The molecule has 0 aromatic heterocycles. The molecule has 4 heterocycles. The molecule has 5 atom stereocenters. The fraction of sp³-hybridized carbons (Fsp3) is 0.333. The number of methoxy groups -OCH3 is 2. The second-order valence-corrected chi connectivity index (χ2v) is 12.9. The first-order valence-corrected chi connectivity index (χ1v) is 16.3. The maximum absolute atomic E-state index is 13.2. The highest BCUT2D eigenvalue weighted by Gasteiger charge is 2.54. The molecule has 0 spiro atoms. The molecule has 0 N–H and O–H groups in total. The highest BCUT2D eigenvalue weighted by Crippen LogP contribution is 2.52. The van der Waals surface area contributed by atoms with Gasteiger partial charge in [0.25, 0.3) is 0 Å². The van der Waals surface area contributed by atoms with Crippen LogP contribution in [-0.2, 0) is 28.8 Å². The van der Waals surface area contributed by atoms with E-state index in [9.17, 15) is 10.1 Å². The van der Waals surface area contributed by atoms with E-state index in [1.54, 1.807) is 14.2 Å². The molecule has 0 amide bonds. The predicted octanol–water partition coefficient (Wildman–Crippen LogP) is 5.70. The van der Waals surface area contributed by atoms with Crippen LogP contribution in [0.3, 0.4) is 0 Å². The molecule has 5 unspecified atom stereocenters. The van der Waals surface area contributed by atoms with E-state index in [4.69, 9.17) is 23.7 Å². The number of benzene rings is 4. The summed E-state index contributed by atoms with van der Waals surface area (Å²) in [6, 6.07) is 24.4. The van der Waals surface area contributed by atoms with Gasteiger partial charge >= 0.3 is 5.97 Å². The number of carbonyl (C=O) groups excluding carboxylic acids is 1. The van der Waals surface area contributed by atoms with Crippen molar-refractivity contribution in [2.45, 2.75) is 49.5 Å². The minimum absolute atomic E-state index is 0.0147. The van der Waals surface area contributed by atoms with Crippen molar-refractivity contribution in [2.24, 2.45) is 0 Å². The van der Waals surface area contributed by atoms with Gasteiger partial charge in [0.2, 0.25) is 6.79 Å². The zero-order valence-electron chi connectivity index (χ0n) is 27.2. The van der Waals surface area contributed by atoms with Crippen molar-refractivity contribution in [3.05, 3.63) is 107 Å². The summed E-state index contributed by atoms with van der Waals surface area (Å²) in [6.45, 7) is 0.297. The monoisotopic (exact) mass is 643 g/mol. The summed E-state index contributed by atoms with van der Waals surface area (Å²) in [6.07, 6.45) is 5.34. The number of hydrogen-bond acceptors (Lipinski definition) is 9. The van der Waals surface area contributed by atoms with Gasteiger partial charge < -0.3 is 23.7 Å². The number of ether oxygens (including phenoxy) is 5. The Morgan fingerprint density at radius 2 is 1.65 bits per heavy atom. The molecular weight excluding hydrogens is 606 g/mol. The maximum Gasteiger partial charge on any atom is 0.330 e. The van der Waals surface area contributed by atoms with Crippen LogP contribution < -0.4 is 18.9 Å². The normalized spacial score (nSPS) is 24.0. The lowest BCUT2D eigenvalue weighted by atomic mass is 9.73. The van der Waals surface area contributed by atoms with E-state index in [0.29, 0.717) is 30.8 Å².